The predicted molar refractivity (Wildman–Crippen MR) is 92.3 cm³/mol. The van der Waals surface area contributed by atoms with Crippen LogP contribution in [0.3, 0.4) is 0 Å². The lowest BCUT2D eigenvalue weighted by molar-refractivity contribution is -0.114. The van der Waals surface area contributed by atoms with Crippen LogP contribution < -0.4 is 11.1 Å². The van der Waals surface area contributed by atoms with Crippen molar-refractivity contribution in [2.45, 2.75) is 30.0 Å². The summed E-state index contributed by atoms with van der Waals surface area (Å²) < 4.78 is 0.775. The van der Waals surface area contributed by atoms with Crippen LogP contribution in [0, 0.1) is 0 Å². The van der Waals surface area contributed by atoms with Crippen molar-refractivity contribution in [1.29, 1.82) is 0 Å². The third kappa shape index (κ3) is 4.74. The van der Waals surface area contributed by atoms with Gasteiger partial charge in [0, 0.05) is 28.4 Å². The van der Waals surface area contributed by atoms with Crippen LogP contribution in [0.1, 0.15) is 24.0 Å². The molecule has 2 unspecified atom stereocenters. The first-order chi connectivity index (χ1) is 9.95. The number of rotatable bonds is 5. The number of carbonyl (C=O) groups excluding carboxylic acids is 1. The van der Waals surface area contributed by atoms with E-state index in [0.29, 0.717) is 0 Å². The molecule has 1 aromatic carbocycles. The van der Waals surface area contributed by atoms with Gasteiger partial charge in [-0.1, -0.05) is 11.6 Å². The number of anilines is 1. The Kier molecular flexibility index (Phi) is 5.70. The Bertz CT molecular complexity index is 610. The van der Waals surface area contributed by atoms with Crippen molar-refractivity contribution < 1.29 is 4.79 Å². The van der Waals surface area contributed by atoms with E-state index in [1.807, 2.05) is 43.3 Å². The van der Waals surface area contributed by atoms with E-state index in [2.05, 4.69) is 5.32 Å². The van der Waals surface area contributed by atoms with Crippen LogP contribution >= 0.6 is 34.7 Å². The van der Waals surface area contributed by atoms with E-state index in [-0.39, 0.29) is 17.2 Å². The number of hydrogen-bond acceptors (Lipinski definition) is 4. The molecule has 112 valence electrons. The fraction of sp³-hybridized carbons (Fsp3) is 0.267. The minimum atomic E-state index is -0.0721. The van der Waals surface area contributed by atoms with Crippen molar-refractivity contribution in [3.05, 3.63) is 45.6 Å². The molecule has 0 aliphatic rings. The molecule has 3 nitrogen and oxygen atoms in total. The molecule has 21 heavy (non-hydrogen) atoms. The molecule has 3 N–H and O–H groups in total. The summed E-state index contributed by atoms with van der Waals surface area (Å²) in [4.78, 5) is 13.3. The minimum Gasteiger partial charge on any atom is -0.327 e. The Morgan fingerprint density at radius 2 is 1.95 bits per heavy atom. The molecule has 2 atom stereocenters. The maximum Gasteiger partial charge on any atom is 0.221 e. The molecular formula is C15H17ClN2OS2. The van der Waals surface area contributed by atoms with Gasteiger partial charge in [-0.15, -0.1) is 23.1 Å². The van der Waals surface area contributed by atoms with Gasteiger partial charge in [0.15, 0.2) is 0 Å². The molecule has 1 heterocycles. The molecule has 0 radical (unpaired) electrons. The molecule has 0 aliphatic carbocycles. The second-order valence-corrected chi connectivity index (χ2v) is 7.71. The number of thioether (sulfide) groups is 1. The fourth-order valence-electron chi connectivity index (χ4n) is 1.87. The SMILES string of the molecule is CC(=O)Nc1ccc(SC(c2ccc(Cl)s2)C(C)N)cc1. The summed E-state index contributed by atoms with van der Waals surface area (Å²) in [5.41, 5.74) is 6.90. The van der Waals surface area contributed by atoms with Gasteiger partial charge in [-0.25, -0.2) is 0 Å². The topological polar surface area (TPSA) is 55.1 Å². The molecule has 0 bridgehead atoms. The van der Waals surface area contributed by atoms with E-state index in [9.17, 15) is 4.79 Å². The third-order valence-electron chi connectivity index (χ3n) is 2.79. The van der Waals surface area contributed by atoms with E-state index in [1.54, 1.807) is 23.1 Å². The van der Waals surface area contributed by atoms with Crippen LogP contribution in [0.15, 0.2) is 41.3 Å². The Labute approximate surface area is 137 Å². The van der Waals surface area contributed by atoms with Crippen LogP contribution in [0.2, 0.25) is 4.34 Å². The number of amides is 1. The van der Waals surface area contributed by atoms with Gasteiger partial charge >= 0.3 is 0 Å². The van der Waals surface area contributed by atoms with Crippen LogP contribution in [0.4, 0.5) is 5.69 Å². The lowest BCUT2D eigenvalue weighted by Gasteiger charge is -2.19. The van der Waals surface area contributed by atoms with Crippen LogP contribution in [-0.2, 0) is 4.79 Å². The zero-order chi connectivity index (χ0) is 15.4. The molecule has 2 rings (SSSR count). The van der Waals surface area contributed by atoms with Crippen molar-refractivity contribution in [3.63, 3.8) is 0 Å². The van der Waals surface area contributed by atoms with Gasteiger partial charge in [0.2, 0.25) is 5.91 Å². The highest BCUT2D eigenvalue weighted by Gasteiger charge is 2.19. The molecular weight excluding hydrogens is 324 g/mol. The lowest BCUT2D eigenvalue weighted by Crippen LogP contribution is -2.21. The van der Waals surface area contributed by atoms with Gasteiger partial charge < -0.3 is 11.1 Å². The first-order valence-electron chi connectivity index (χ1n) is 6.51. The van der Waals surface area contributed by atoms with E-state index < -0.39 is 0 Å². The minimum absolute atomic E-state index is 0.0136. The van der Waals surface area contributed by atoms with E-state index in [4.69, 9.17) is 17.3 Å². The lowest BCUT2D eigenvalue weighted by atomic mass is 10.2. The molecule has 2 aromatic rings. The van der Waals surface area contributed by atoms with E-state index >= 15 is 0 Å². The normalized spacial score (nSPS) is 13.7. The van der Waals surface area contributed by atoms with Crippen molar-refractivity contribution >= 4 is 46.3 Å². The molecule has 0 fully saturated rings. The van der Waals surface area contributed by atoms with Gasteiger partial charge in [0.1, 0.15) is 0 Å². The highest BCUT2D eigenvalue weighted by Crippen LogP contribution is 2.41. The standard InChI is InChI=1S/C15H17ClN2OS2/c1-9(17)15(13-7-8-14(16)21-13)20-12-5-3-11(4-6-12)18-10(2)19/h3-9,15H,17H2,1-2H3,(H,18,19). The maximum atomic E-state index is 11.0. The summed E-state index contributed by atoms with van der Waals surface area (Å²) in [6.45, 7) is 3.49. The number of nitrogens with one attached hydrogen (secondary N) is 1. The van der Waals surface area contributed by atoms with Crippen molar-refractivity contribution in [2.24, 2.45) is 5.73 Å². The summed E-state index contributed by atoms with van der Waals surface area (Å²) in [7, 11) is 0. The number of hydrogen-bond donors (Lipinski definition) is 2. The fourth-order valence-corrected chi connectivity index (χ4v) is 4.32. The number of benzene rings is 1. The van der Waals surface area contributed by atoms with Crippen LogP contribution in [0.5, 0.6) is 0 Å². The Hall–Kier alpha value is -1.01. The van der Waals surface area contributed by atoms with Crippen molar-refractivity contribution in [3.8, 4) is 0 Å². The first kappa shape index (κ1) is 16.4. The van der Waals surface area contributed by atoms with Crippen molar-refractivity contribution in [2.75, 3.05) is 5.32 Å². The number of halogens is 1. The van der Waals surface area contributed by atoms with Crippen LogP contribution in [0.25, 0.3) is 0 Å². The average Bonchev–Trinajstić information content (AvgIpc) is 2.83. The number of carbonyl (C=O) groups is 1. The van der Waals surface area contributed by atoms with Crippen LogP contribution in [-0.4, -0.2) is 11.9 Å². The second-order valence-electron chi connectivity index (χ2n) is 4.75. The molecule has 6 heteroatoms. The summed E-state index contributed by atoms with van der Waals surface area (Å²) in [5, 5.41) is 2.92. The Balaban J connectivity index is 2.12. The first-order valence-corrected chi connectivity index (χ1v) is 8.58. The maximum absolute atomic E-state index is 11.0. The Morgan fingerprint density at radius 3 is 2.43 bits per heavy atom. The molecule has 1 aromatic heterocycles. The smallest absolute Gasteiger partial charge is 0.221 e. The molecule has 0 saturated carbocycles. The molecule has 1 amide bonds. The van der Waals surface area contributed by atoms with Gasteiger partial charge in [0.25, 0.3) is 0 Å². The largest absolute Gasteiger partial charge is 0.327 e. The molecule has 0 spiro atoms. The monoisotopic (exact) mass is 340 g/mol. The average molecular weight is 341 g/mol. The quantitative estimate of drug-likeness (QED) is 0.785. The second kappa shape index (κ2) is 7.31. The zero-order valence-corrected chi connectivity index (χ0v) is 14.2. The molecule has 0 saturated heterocycles. The zero-order valence-electron chi connectivity index (χ0n) is 11.8. The van der Waals surface area contributed by atoms with Crippen molar-refractivity contribution in [1.82, 2.24) is 0 Å². The molecule has 0 aliphatic heterocycles. The Morgan fingerprint density at radius 1 is 1.29 bits per heavy atom. The van der Waals surface area contributed by atoms with Gasteiger partial charge in [-0.3, -0.25) is 4.79 Å². The van der Waals surface area contributed by atoms with Gasteiger partial charge in [0.05, 0.1) is 9.59 Å². The van der Waals surface area contributed by atoms with Gasteiger partial charge in [-0.05, 0) is 43.3 Å². The predicted octanol–water partition coefficient (Wildman–Crippen LogP) is 4.54. The number of nitrogens with two attached hydrogens (primary N) is 1. The summed E-state index contributed by atoms with van der Waals surface area (Å²) in [6.07, 6.45) is 0. The third-order valence-corrected chi connectivity index (χ3v) is 5.73. The highest BCUT2D eigenvalue weighted by atomic mass is 35.5. The summed E-state index contributed by atoms with van der Waals surface area (Å²) in [6, 6.07) is 11.7. The number of thiophene rings is 1. The highest BCUT2D eigenvalue weighted by molar-refractivity contribution is 7.99. The van der Waals surface area contributed by atoms with E-state index in [0.717, 1.165) is 14.9 Å². The summed E-state index contributed by atoms with van der Waals surface area (Å²) >= 11 is 9.28. The van der Waals surface area contributed by atoms with E-state index in [1.165, 1.54) is 11.8 Å². The summed E-state index contributed by atoms with van der Waals surface area (Å²) in [5.74, 6) is -0.0721. The van der Waals surface area contributed by atoms with Gasteiger partial charge in [-0.2, -0.15) is 0 Å².